The first-order chi connectivity index (χ1) is 8.16. The van der Waals surface area contributed by atoms with Crippen molar-refractivity contribution in [2.45, 2.75) is 57.6 Å². The average molecular weight is 235 g/mol. The van der Waals surface area contributed by atoms with E-state index < -0.39 is 0 Å². The van der Waals surface area contributed by atoms with Crippen LogP contribution in [0.1, 0.15) is 51.1 Å². The zero-order chi connectivity index (χ0) is 12.3. The van der Waals surface area contributed by atoms with Gasteiger partial charge in [0.05, 0.1) is 5.69 Å². The lowest BCUT2D eigenvalue weighted by atomic mass is 9.93. The molecule has 1 heterocycles. The van der Waals surface area contributed by atoms with Crippen molar-refractivity contribution in [2.75, 3.05) is 0 Å². The van der Waals surface area contributed by atoms with Crippen molar-refractivity contribution < 1.29 is 4.74 Å². The van der Waals surface area contributed by atoms with E-state index in [-0.39, 0.29) is 12.1 Å². The molecule has 4 nitrogen and oxygen atoms in total. The maximum Gasteiger partial charge on any atom is 0.216 e. The van der Waals surface area contributed by atoms with E-state index in [2.05, 4.69) is 23.8 Å². The first kappa shape index (κ1) is 12.3. The van der Waals surface area contributed by atoms with Gasteiger partial charge in [-0.05, 0) is 25.2 Å². The van der Waals surface area contributed by atoms with Crippen LogP contribution in [0.3, 0.4) is 0 Å². The number of hydrogen-bond donors (Lipinski definition) is 1. The summed E-state index contributed by atoms with van der Waals surface area (Å²) in [5.74, 6) is 1.05. The Morgan fingerprint density at radius 1 is 1.29 bits per heavy atom. The summed E-state index contributed by atoms with van der Waals surface area (Å²) in [7, 11) is 0. The van der Waals surface area contributed by atoms with E-state index in [1.54, 1.807) is 6.33 Å². The molecule has 1 aromatic rings. The number of ether oxygens (including phenoxy) is 1. The molecule has 1 fully saturated rings. The van der Waals surface area contributed by atoms with Crippen LogP contribution in [0.15, 0.2) is 12.4 Å². The van der Waals surface area contributed by atoms with Gasteiger partial charge in [0.25, 0.3) is 0 Å². The van der Waals surface area contributed by atoms with Gasteiger partial charge in [-0.3, -0.25) is 0 Å². The van der Waals surface area contributed by atoms with Gasteiger partial charge in [-0.25, -0.2) is 9.97 Å². The van der Waals surface area contributed by atoms with Crippen molar-refractivity contribution in [3.63, 3.8) is 0 Å². The van der Waals surface area contributed by atoms with Crippen LogP contribution < -0.4 is 10.5 Å². The highest BCUT2D eigenvalue weighted by molar-refractivity contribution is 5.16. The Labute approximate surface area is 103 Å². The first-order valence-corrected chi connectivity index (χ1v) is 6.41. The number of nitrogens with zero attached hydrogens (tertiary/aromatic N) is 2. The molecule has 17 heavy (non-hydrogen) atoms. The highest BCUT2D eigenvalue weighted by Gasteiger charge is 2.23. The fraction of sp³-hybridized carbons (Fsp3) is 0.692. The lowest BCUT2D eigenvalue weighted by Crippen LogP contribution is -2.41. The Morgan fingerprint density at radius 3 is 2.76 bits per heavy atom. The molecule has 2 unspecified atom stereocenters. The number of rotatable bonds is 3. The number of hydrogen-bond acceptors (Lipinski definition) is 4. The van der Waals surface area contributed by atoms with Crippen molar-refractivity contribution in [1.82, 2.24) is 9.97 Å². The maximum absolute atomic E-state index is 6.06. The molecule has 2 rings (SSSR count). The molecule has 0 saturated heterocycles. The molecule has 2 N–H and O–H groups in total. The van der Waals surface area contributed by atoms with Crippen LogP contribution in [0.4, 0.5) is 0 Å². The van der Waals surface area contributed by atoms with E-state index in [9.17, 15) is 0 Å². The van der Waals surface area contributed by atoms with Crippen LogP contribution in [0, 0.1) is 0 Å². The number of nitrogens with two attached hydrogens (primary N) is 1. The lowest BCUT2D eigenvalue weighted by molar-refractivity contribution is 0.126. The summed E-state index contributed by atoms with van der Waals surface area (Å²) in [5, 5.41) is 0. The highest BCUT2D eigenvalue weighted by atomic mass is 16.5. The van der Waals surface area contributed by atoms with Gasteiger partial charge in [0.15, 0.2) is 0 Å². The molecule has 2 atom stereocenters. The molecular weight excluding hydrogens is 214 g/mol. The second-order valence-corrected chi connectivity index (χ2v) is 5.04. The van der Waals surface area contributed by atoms with Crippen LogP contribution in [0.5, 0.6) is 5.88 Å². The lowest BCUT2D eigenvalue weighted by Gasteiger charge is -2.28. The molecule has 0 aromatic carbocycles. The van der Waals surface area contributed by atoms with Crippen LogP contribution >= 0.6 is 0 Å². The fourth-order valence-corrected chi connectivity index (χ4v) is 2.16. The van der Waals surface area contributed by atoms with Gasteiger partial charge in [-0.1, -0.05) is 20.3 Å². The molecule has 0 bridgehead atoms. The van der Waals surface area contributed by atoms with Crippen molar-refractivity contribution >= 4 is 0 Å². The molecule has 4 heteroatoms. The van der Waals surface area contributed by atoms with Gasteiger partial charge in [0, 0.05) is 12.1 Å². The zero-order valence-electron chi connectivity index (χ0n) is 10.6. The number of aromatic nitrogens is 2. The molecule has 0 amide bonds. The summed E-state index contributed by atoms with van der Waals surface area (Å²) >= 11 is 0. The van der Waals surface area contributed by atoms with E-state index >= 15 is 0 Å². The van der Waals surface area contributed by atoms with Crippen molar-refractivity contribution in [3.8, 4) is 5.88 Å². The molecule has 0 radical (unpaired) electrons. The van der Waals surface area contributed by atoms with Gasteiger partial charge in [-0.2, -0.15) is 0 Å². The first-order valence-electron chi connectivity index (χ1n) is 6.41. The third-order valence-electron chi connectivity index (χ3n) is 3.28. The smallest absolute Gasteiger partial charge is 0.216 e. The summed E-state index contributed by atoms with van der Waals surface area (Å²) in [5.41, 5.74) is 7.07. The Bertz CT molecular complexity index is 367. The quantitative estimate of drug-likeness (QED) is 0.873. The third kappa shape index (κ3) is 3.16. The molecular formula is C13H21N3O. The molecule has 0 aliphatic heterocycles. The minimum atomic E-state index is 0.110. The predicted molar refractivity (Wildman–Crippen MR) is 67.0 cm³/mol. The monoisotopic (exact) mass is 235 g/mol. The van der Waals surface area contributed by atoms with E-state index in [1.807, 2.05) is 6.07 Å². The molecule has 1 aromatic heterocycles. The molecule has 0 spiro atoms. The van der Waals surface area contributed by atoms with E-state index in [1.165, 1.54) is 12.8 Å². The average Bonchev–Trinajstić information content (AvgIpc) is 2.32. The van der Waals surface area contributed by atoms with E-state index in [0.29, 0.717) is 11.8 Å². The van der Waals surface area contributed by atoms with Crippen LogP contribution in [0.2, 0.25) is 0 Å². The zero-order valence-corrected chi connectivity index (χ0v) is 10.6. The van der Waals surface area contributed by atoms with Gasteiger partial charge in [0.1, 0.15) is 12.4 Å². The second kappa shape index (κ2) is 5.45. The van der Waals surface area contributed by atoms with E-state index in [4.69, 9.17) is 10.5 Å². The summed E-state index contributed by atoms with van der Waals surface area (Å²) in [6.07, 6.45) is 6.16. The van der Waals surface area contributed by atoms with Crippen molar-refractivity contribution in [1.29, 1.82) is 0 Å². The van der Waals surface area contributed by atoms with Crippen LogP contribution in [-0.4, -0.2) is 22.1 Å². The molecule has 1 aliphatic rings. The van der Waals surface area contributed by atoms with E-state index in [0.717, 1.165) is 18.5 Å². The largest absolute Gasteiger partial charge is 0.473 e. The van der Waals surface area contributed by atoms with Gasteiger partial charge < -0.3 is 10.5 Å². The Balaban J connectivity index is 2.04. The minimum absolute atomic E-state index is 0.110. The normalized spacial score (nSPS) is 24.9. The summed E-state index contributed by atoms with van der Waals surface area (Å²) in [6, 6.07) is 2.06. The summed E-state index contributed by atoms with van der Waals surface area (Å²) < 4.78 is 5.88. The summed E-state index contributed by atoms with van der Waals surface area (Å²) in [4.78, 5) is 8.39. The van der Waals surface area contributed by atoms with Crippen molar-refractivity contribution in [3.05, 3.63) is 18.1 Å². The highest BCUT2D eigenvalue weighted by Crippen LogP contribution is 2.22. The minimum Gasteiger partial charge on any atom is -0.473 e. The fourth-order valence-electron chi connectivity index (χ4n) is 2.16. The predicted octanol–water partition coefficient (Wildman–Crippen LogP) is 2.25. The van der Waals surface area contributed by atoms with Gasteiger partial charge >= 0.3 is 0 Å². The molecule has 1 aliphatic carbocycles. The Hall–Kier alpha value is -1.16. The van der Waals surface area contributed by atoms with Crippen LogP contribution in [0.25, 0.3) is 0 Å². The SMILES string of the molecule is CC(C)c1cc(OC2CCCCC2N)ncn1. The Morgan fingerprint density at radius 2 is 2.06 bits per heavy atom. The topological polar surface area (TPSA) is 61.0 Å². The maximum atomic E-state index is 6.06. The van der Waals surface area contributed by atoms with Gasteiger partial charge in [0.2, 0.25) is 5.88 Å². The summed E-state index contributed by atoms with van der Waals surface area (Å²) in [6.45, 7) is 4.22. The van der Waals surface area contributed by atoms with Crippen LogP contribution in [-0.2, 0) is 0 Å². The molecule has 94 valence electrons. The molecule has 1 saturated carbocycles. The van der Waals surface area contributed by atoms with Crippen molar-refractivity contribution in [2.24, 2.45) is 5.73 Å². The second-order valence-electron chi connectivity index (χ2n) is 5.04. The third-order valence-corrected chi connectivity index (χ3v) is 3.28. The standard InChI is InChI=1S/C13H21N3O/c1-9(2)11-7-13(16-8-15-11)17-12-6-4-3-5-10(12)14/h7-10,12H,3-6,14H2,1-2H3. The van der Waals surface area contributed by atoms with Gasteiger partial charge in [-0.15, -0.1) is 0 Å². The Kier molecular flexibility index (Phi) is 3.94.